The minimum atomic E-state index is 0.0687. The Morgan fingerprint density at radius 3 is 2.43 bits per heavy atom. The molecule has 1 aliphatic carbocycles. The van der Waals surface area contributed by atoms with Gasteiger partial charge in [0.15, 0.2) is 0 Å². The van der Waals surface area contributed by atoms with Gasteiger partial charge in [0.1, 0.15) is 5.82 Å². The van der Waals surface area contributed by atoms with Crippen molar-refractivity contribution in [1.29, 1.82) is 0 Å². The number of H-pyrrole nitrogens is 1. The van der Waals surface area contributed by atoms with Crippen LogP contribution in [0.1, 0.15) is 69.5 Å². The zero-order chi connectivity index (χ0) is 15.2. The number of benzene rings is 1. The minimum Gasteiger partial charge on any atom is -0.342 e. The minimum absolute atomic E-state index is 0.0687. The van der Waals surface area contributed by atoms with Crippen LogP contribution in [-0.2, 0) is 18.3 Å². The first-order valence-corrected chi connectivity index (χ1v) is 8.08. The maximum absolute atomic E-state index is 4.59. The van der Waals surface area contributed by atoms with E-state index >= 15 is 0 Å². The van der Waals surface area contributed by atoms with E-state index in [0.717, 1.165) is 5.82 Å². The van der Waals surface area contributed by atoms with Crippen LogP contribution in [0.25, 0.3) is 11.3 Å². The summed E-state index contributed by atoms with van der Waals surface area (Å²) >= 11 is 0. The van der Waals surface area contributed by atoms with Crippen LogP contribution in [0.15, 0.2) is 18.3 Å². The third-order valence-corrected chi connectivity index (χ3v) is 4.52. The van der Waals surface area contributed by atoms with Gasteiger partial charge >= 0.3 is 0 Å². The molecule has 0 unspecified atom stereocenters. The van der Waals surface area contributed by atoms with Gasteiger partial charge in [-0.1, -0.05) is 46.8 Å². The zero-order valence-electron chi connectivity index (χ0n) is 13.9. The summed E-state index contributed by atoms with van der Waals surface area (Å²) in [4.78, 5) is 8.13. The molecule has 2 aromatic rings. The predicted molar refractivity (Wildman–Crippen MR) is 88.8 cm³/mol. The first-order valence-electron chi connectivity index (χ1n) is 8.08. The molecular weight excluding hydrogens is 256 g/mol. The van der Waals surface area contributed by atoms with Gasteiger partial charge in [0.25, 0.3) is 0 Å². The summed E-state index contributed by atoms with van der Waals surface area (Å²) < 4.78 is 0. The fraction of sp³-hybridized carbons (Fsp3) is 0.526. The van der Waals surface area contributed by atoms with Crippen LogP contribution in [0.3, 0.4) is 0 Å². The van der Waals surface area contributed by atoms with Crippen molar-refractivity contribution in [2.24, 2.45) is 0 Å². The van der Waals surface area contributed by atoms with Crippen molar-refractivity contribution in [3.63, 3.8) is 0 Å². The summed E-state index contributed by atoms with van der Waals surface area (Å²) in [5.74, 6) is 1.68. The van der Waals surface area contributed by atoms with Crippen molar-refractivity contribution >= 4 is 0 Å². The third-order valence-electron chi connectivity index (χ3n) is 4.52. The van der Waals surface area contributed by atoms with Gasteiger partial charge in [0, 0.05) is 11.0 Å². The summed E-state index contributed by atoms with van der Waals surface area (Å²) in [5, 5.41) is 0. The Morgan fingerprint density at radius 1 is 1.10 bits per heavy atom. The van der Waals surface area contributed by atoms with Gasteiger partial charge in [-0.2, -0.15) is 0 Å². The van der Waals surface area contributed by atoms with Gasteiger partial charge in [-0.25, -0.2) is 4.98 Å². The number of nitrogens with zero attached hydrogens (tertiary/aromatic N) is 1. The Morgan fingerprint density at radius 2 is 1.81 bits per heavy atom. The van der Waals surface area contributed by atoms with Crippen LogP contribution in [-0.4, -0.2) is 9.97 Å². The summed E-state index contributed by atoms with van der Waals surface area (Å²) in [5.41, 5.74) is 7.27. The zero-order valence-corrected chi connectivity index (χ0v) is 13.9. The van der Waals surface area contributed by atoms with E-state index in [1.165, 1.54) is 36.1 Å². The molecule has 2 nitrogen and oxygen atoms in total. The Labute approximate surface area is 128 Å². The highest BCUT2D eigenvalue weighted by Crippen LogP contribution is 2.37. The molecule has 0 aliphatic heterocycles. The van der Waals surface area contributed by atoms with Crippen LogP contribution < -0.4 is 0 Å². The van der Waals surface area contributed by atoms with Crippen molar-refractivity contribution in [2.45, 2.75) is 65.2 Å². The SMILES string of the molecule is CC(C)c1ccc(-c2cnc(C(C)(C)C)[nH]2)c2c1CCC2. The van der Waals surface area contributed by atoms with E-state index in [0.29, 0.717) is 5.92 Å². The number of aromatic amines is 1. The van der Waals surface area contributed by atoms with Gasteiger partial charge in [-0.3, -0.25) is 0 Å². The summed E-state index contributed by atoms with van der Waals surface area (Å²) in [6, 6.07) is 4.61. The van der Waals surface area contributed by atoms with Crippen LogP contribution >= 0.6 is 0 Å². The van der Waals surface area contributed by atoms with Gasteiger partial charge < -0.3 is 4.98 Å². The molecule has 1 aromatic heterocycles. The topological polar surface area (TPSA) is 28.7 Å². The normalized spacial score (nSPS) is 14.8. The van der Waals surface area contributed by atoms with Crippen LogP contribution in [0.5, 0.6) is 0 Å². The molecule has 112 valence electrons. The van der Waals surface area contributed by atoms with Crippen LogP contribution in [0.4, 0.5) is 0 Å². The largest absolute Gasteiger partial charge is 0.342 e. The third kappa shape index (κ3) is 2.52. The lowest BCUT2D eigenvalue weighted by Crippen LogP contribution is -2.13. The summed E-state index contributed by atoms with van der Waals surface area (Å²) in [6.07, 6.45) is 5.72. The van der Waals surface area contributed by atoms with Crippen molar-refractivity contribution in [1.82, 2.24) is 9.97 Å². The molecule has 0 fully saturated rings. The second kappa shape index (κ2) is 5.01. The van der Waals surface area contributed by atoms with Gasteiger partial charge in [0.2, 0.25) is 0 Å². The highest BCUT2D eigenvalue weighted by molar-refractivity contribution is 5.67. The predicted octanol–water partition coefficient (Wildman–Crippen LogP) is 4.99. The van der Waals surface area contributed by atoms with E-state index in [1.54, 1.807) is 11.1 Å². The molecule has 1 N–H and O–H groups in total. The number of fused-ring (bicyclic) bond motifs is 1. The quantitative estimate of drug-likeness (QED) is 0.826. The van der Waals surface area contributed by atoms with Crippen molar-refractivity contribution in [3.8, 4) is 11.3 Å². The maximum atomic E-state index is 4.59. The van der Waals surface area contributed by atoms with E-state index in [2.05, 4.69) is 56.7 Å². The van der Waals surface area contributed by atoms with E-state index in [9.17, 15) is 0 Å². The van der Waals surface area contributed by atoms with E-state index < -0.39 is 0 Å². The molecule has 1 aliphatic rings. The number of hydrogen-bond donors (Lipinski definition) is 1. The second-order valence-electron chi connectivity index (χ2n) is 7.56. The summed E-state index contributed by atoms with van der Waals surface area (Å²) in [6.45, 7) is 11.2. The van der Waals surface area contributed by atoms with Crippen LogP contribution in [0, 0.1) is 0 Å². The summed E-state index contributed by atoms with van der Waals surface area (Å²) in [7, 11) is 0. The highest BCUT2D eigenvalue weighted by atomic mass is 14.9. The molecule has 0 saturated carbocycles. The first kappa shape index (κ1) is 14.4. The lowest BCUT2D eigenvalue weighted by molar-refractivity contribution is 0.553. The molecule has 0 spiro atoms. The second-order valence-corrected chi connectivity index (χ2v) is 7.56. The van der Waals surface area contributed by atoms with Crippen molar-refractivity contribution in [2.75, 3.05) is 0 Å². The van der Waals surface area contributed by atoms with Crippen molar-refractivity contribution < 1.29 is 0 Å². The average molecular weight is 282 g/mol. The fourth-order valence-electron chi connectivity index (χ4n) is 3.37. The number of imidazole rings is 1. The molecule has 0 amide bonds. The lowest BCUT2D eigenvalue weighted by Gasteiger charge is -2.16. The average Bonchev–Trinajstić information content (AvgIpc) is 3.05. The molecule has 0 saturated heterocycles. The molecule has 0 radical (unpaired) electrons. The molecule has 1 heterocycles. The van der Waals surface area contributed by atoms with E-state index in [1.807, 2.05) is 6.20 Å². The number of hydrogen-bond acceptors (Lipinski definition) is 1. The standard InChI is InChI=1S/C19H26N2/c1-12(2)13-9-10-16(15-8-6-7-14(13)15)17-11-20-18(21-17)19(3,4)5/h9-12H,6-8H2,1-5H3,(H,20,21). The van der Waals surface area contributed by atoms with E-state index in [4.69, 9.17) is 0 Å². The molecule has 0 atom stereocenters. The maximum Gasteiger partial charge on any atom is 0.111 e. The molecular formula is C19H26N2. The molecule has 21 heavy (non-hydrogen) atoms. The number of aromatic nitrogens is 2. The van der Waals surface area contributed by atoms with Gasteiger partial charge in [0.05, 0.1) is 11.9 Å². The monoisotopic (exact) mass is 282 g/mol. The lowest BCUT2D eigenvalue weighted by atomic mass is 9.91. The number of nitrogens with one attached hydrogen (secondary N) is 1. The highest BCUT2D eigenvalue weighted by Gasteiger charge is 2.23. The molecule has 3 rings (SSSR count). The molecule has 0 bridgehead atoms. The first-order chi connectivity index (χ1) is 9.88. The molecule has 1 aromatic carbocycles. The van der Waals surface area contributed by atoms with E-state index in [-0.39, 0.29) is 5.41 Å². The van der Waals surface area contributed by atoms with Crippen LogP contribution in [0.2, 0.25) is 0 Å². The van der Waals surface area contributed by atoms with Crippen molar-refractivity contribution in [3.05, 3.63) is 40.8 Å². The Kier molecular flexibility index (Phi) is 3.43. The Balaban J connectivity index is 2.08. The smallest absolute Gasteiger partial charge is 0.111 e. The Bertz CT molecular complexity index is 657. The van der Waals surface area contributed by atoms with Gasteiger partial charge in [-0.15, -0.1) is 0 Å². The fourth-order valence-corrected chi connectivity index (χ4v) is 3.37. The molecule has 2 heteroatoms. The Hall–Kier alpha value is -1.57. The number of rotatable bonds is 2. The van der Waals surface area contributed by atoms with Gasteiger partial charge in [-0.05, 0) is 41.9 Å².